The number of amides is 1. The molecule has 2 aromatic carbocycles. The van der Waals surface area contributed by atoms with Gasteiger partial charge in [0.2, 0.25) is 5.91 Å². The molecule has 1 amide bonds. The van der Waals surface area contributed by atoms with Gasteiger partial charge in [-0.15, -0.1) is 11.3 Å². The molecule has 0 bridgehead atoms. The Balaban J connectivity index is 1.50. The van der Waals surface area contributed by atoms with Crippen LogP contribution in [0.25, 0.3) is 21.3 Å². The molecule has 0 aliphatic carbocycles. The van der Waals surface area contributed by atoms with Crippen LogP contribution in [0.3, 0.4) is 0 Å². The third kappa shape index (κ3) is 4.71. The Bertz CT molecular complexity index is 1330. The molecule has 2 heterocycles. The Labute approximate surface area is 194 Å². The van der Waals surface area contributed by atoms with Gasteiger partial charge in [0.1, 0.15) is 10.4 Å². The molecule has 0 aliphatic rings. The van der Waals surface area contributed by atoms with Crippen LogP contribution < -0.4 is 15.6 Å². The summed E-state index contributed by atoms with van der Waals surface area (Å²) in [7, 11) is 3.30. The fraction of sp³-hybridized carbons (Fsp3) is 0.208. The van der Waals surface area contributed by atoms with E-state index in [9.17, 15) is 9.59 Å². The molecule has 0 aliphatic heterocycles. The minimum absolute atomic E-state index is 0.0994. The van der Waals surface area contributed by atoms with E-state index in [2.05, 4.69) is 5.32 Å². The van der Waals surface area contributed by atoms with Crippen molar-refractivity contribution in [1.82, 2.24) is 14.9 Å². The number of benzene rings is 2. The van der Waals surface area contributed by atoms with Crippen LogP contribution in [0.2, 0.25) is 0 Å². The molecule has 2 aromatic heterocycles. The largest absolute Gasteiger partial charge is 0.497 e. The van der Waals surface area contributed by atoms with Crippen LogP contribution in [-0.2, 0) is 18.4 Å². The average Bonchev–Trinajstić information content (AvgIpc) is 3.23. The zero-order valence-corrected chi connectivity index (χ0v) is 19.7. The van der Waals surface area contributed by atoms with E-state index in [-0.39, 0.29) is 17.2 Å². The number of aromatic nitrogens is 2. The van der Waals surface area contributed by atoms with Gasteiger partial charge < -0.3 is 10.1 Å². The second-order valence-corrected chi connectivity index (χ2v) is 9.19. The van der Waals surface area contributed by atoms with Crippen LogP contribution in [-0.4, -0.2) is 28.3 Å². The first-order chi connectivity index (χ1) is 15.5. The summed E-state index contributed by atoms with van der Waals surface area (Å²) in [6.45, 7) is 2.45. The summed E-state index contributed by atoms with van der Waals surface area (Å²) in [6, 6.07) is 15.7. The molecular weight excluding hydrogens is 442 g/mol. The first-order valence-electron chi connectivity index (χ1n) is 10.0. The van der Waals surface area contributed by atoms with Gasteiger partial charge in [-0.05, 0) is 30.2 Å². The Kier molecular flexibility index (Phi) is 6.62. The number of fused-ring (bicyclic) bond motifs is 1. The van der Waals surface area contributed by atoms with Crippen LogP contribution in [0.5, 0.6) is 5.75 Å². The normalized spacial score (nSPS) is 11.0. The quantitative estimate of drug-likeness (QED) is 0.324. The van der Waals surface area contributed by atoms with Crippen LogP contribution in [0.1, 0.15) is 11.1 Å². The molecule has 4 rings (SSSR count). The summed E-state index contributed by atoms with van der Waals surface area (Å²) >= 11 is 2.66. The average molecular weight is 466 g/mol. The van der Waals surface area contributed by atoms with Gasteiger partial charge in [-0.25, -0.2) is 4.98 Å². The SMILES string of the molecule is COc1cccc(CNC(=O)CSc2nc3c(-c4ccc(C)cc4)csc3c(=O)n2C)c1. The van der Waals surface area contributed by atoms with Gasteiger partial charge in [0, 0.05) is 24.5 Å². The lowest BCUT2D eigenvalue weighted by atomic mass is 10.1. The molecule has 0 spiro atoms. The van der Waals surface area contributed by atoms with E-state index in [1.165, 1.54) is 33.2 Å². The maximum atomic E-state index is 12.9. The zero-order chi connectivity index (χ0) is 22.7. The standard InChI is InChI=1S/C24H23N3O3S2/c1-15-7-9-17(10-8-15)19-13-31-22-21(19)26-24(27(2)23(22)29)32-14-20(28)25-12-16-5-4-6-18(11-16)30-3/h4-11,13H,12,14H2,1-3H3,(H,25,28). The number of rotatable bonds is 7. The number of hydrogen-bond acceptors (Lipinski definition) is 6. The summed E-state index contributed by atoms with van der Waals surface area (Å²) in [4.78, 5) is 30.0. The first kappa shape index (κ1) is 22.1. The van der Waals surface area contributed by atoms with E-state index in [0.29, 0.717) is 21.9 Å². The third-order valence-corrected chi connectivity index (χ3v) is 7.06. The van der Waals surface area contributed by atoms with E-state index in [1.807, 2.05) is 60.8 Å². The topological polar surface area (TPSA) is 73.2 Å². The van der Waals surface area contributed by atoms with Crippen molar-refractivity contribution >= 4 is 39.2 Å². The number of carbonyl (C=O) groups excluding carboxylic acids is 1. The van der Waals surface area contributed by atoms with Crippen LogP contribution in [0.15, 0.2) is 63.9 Å². The lowest BCUT2D eigenvalue weighted by Crippen LogP contribution is -2.25. The van der Waals surface area contributed by atoms with E-state index >= 15 is 0 Å². The molecule has 6 nitrogen and oxygen atoms in total. The highest BCUT2D eigenvalue weighted by molar-refractivity contribution is 7.99. The van der Waals surface area contributed by atoms with Gasteiger partial charge in [0.15, 0.2) is 5.16 Å². The maximum Gasteiger partial charge on any atom is 0.271 e. The van der Waals surface area contributed by atoms with Crippen LogP contribution >= 0.6 is 23.1 Å². The van der Waals surface area contributed by atoms with Crippen LogP contribution in [0, 0.1) is 6.92 Å². The summed E-state index contributed by atoms with van der Waals surface area (Å²) in [6.07, 6.45) is 0. The van der Waals surface area contributed by atoms with Gasteiger partial charge in [-0.2, -0.15) is 0 Å². The summed E-state index contributed by atoms with van der Waals surface area (Å²) in [5.41, 5.74) is 4.67. The molecule has 0 fully saturated rings. The van der Waals surface area contributed by atoms with Crippen molar-refractivity contribution in [1.29, 1.82) is 0 Å². The minimum atomic E-state index is -0.128. The number of carbonyl (C=O) groups is 1. The lowest BCUT2D eigenvalue weighted by Gasteiger charge is -2.09. The number of aryl methyl sites for hydroxylation is 1. The molecule has 0 unspecified atom stereocenters. The van der Waals surface area contributed by atoms with Crippen molar-refractivity contribution in [2.24, 2.45) is 7.05 Å². The summed E-state index contributed by atoms with van der Waals surface area (Å²) < 4.78 is 7.34. The van der Waals surface area contributed by atoms with Gasteiger partial charge >= 0.3 is 0 Å². The molecule has 8 heteroatoms. The van der Waals surface area contributed by atoms with E-state index in [0.717, 1.165) is 22.4 Å². The Morgan fingerprint density at radius 3 is 2.75 bits per heavy atom. The molecule has 32 heavy (non-hydrogen) atoms. The molecule has 4 aromatic rings. The van der Waals surface area contributed by atoms with Gasteiger partial charge in [0.05, 0.1) is 18.4 Å². The molecule has 0 radical (unpaired) electrons. The highest BCUT2D eigenvalue weighted by atomic mass is 32.2. The summed E-state index contributed by atoms with van der Waals surface area (Å²) in [5, 5.41) is 5.39. The van der Waals surface area contributed by atoms with E-state index in [1.54, 1.807) is 14.2 Å². The van der Waals surface area contributed by atoms with Crippen LogP contribution in [0.4, 0.5) is 0 Å². The first-order valence-corrected chi connectivity index (χ1v) is 11.9. The molecule has 1 N–H and O–H groups in total. The smallest absolute Gasteiger partial charge is 0.271 e. The fourth-order valence-corrected chi connectivity index (χ4v) is 5.04. The second-order valence-electron chi connectivity index (χ2n) is 7.37. The molecule has 0 saturated carbocycles. The Morgan fingerprint density at radius 1 is 1.22 bits per heavy atom. The van der Waals surface area contributed by atoms with Crippen molar-refractivity contribution in [3.05, 3.63) is 75.4 Å². The fourth-order valence-electron chi connectivity index (χ4n) is 3.26. The Hall–Kier alpha value is -3.10. The second kappa shape index (κ2) is 9.58. The van der Waals surface area contributed by atoms with Crippen molar-refractivity contribution in [2.75, 3.05) is 12.9 Å². The van der Waals surface area contributed by atoms with Crippen molar-refractivity contribution in [3.63, 3.8) is 0 Å². The Morgan fingerprint density at radius 2 is 2.00 bits per heavy atom. The number of ether oxygens (including phenoxy) is 1. The maximum absolute atomic E-state index is 12.9. The minimum Gasteiger partial charge on any atom is -0.497 e. The number of methoxy groups -OCH3 is 1. The van der Waals surface area contributed by atoms with Gasteiger partial charge in [0.25, 0.3) is 5.56 Å². The van der Waals surface area contributed by atoms with Gasteiger partial charge in [-0.1, -0.05) is 53.7 Å². The monoisotopic (exact) mass is 465 g/mol. The van der Waals surface area contributed by atoms with Crippen molar-refractivity contribution in [3.8, 4) is 16.9 Å². The molecule has 164 valence electrons. The van der Waals surface area contributed by atoms with Crippen molar-refractivity contribution < 1.29 is 9.53 Å². The zero-order valence-electron chi connectivity index (χ0n) is 18.0. The number of hydrogen-bond donors (Lipinski definition) is 1. The van der Waals surface area contributed by atoms with Gasteiger partial charge in [-0.3, -0.25) is 14.2 Å². The predicted octanol–water partition coefficient (Wildman–Crippen LogP) is 4.39. The number of thioether (sulfide) groups is 1. The number of nitrogens with one attached hydrogen (secondary N) is 1. The van der Waals surface area contributed by atoms with Crippen molar-refractivity contribution in [2.45, 2.75) is 18.6 Å². The number of nitrogens with zero attached hydrogens (tertiary/aromatic N) is 2. The predicted molar refractivity (Wildman–Crippen MR) is 131 cm³/mol. The molecule has 0 atom stereocenters. The number of thiophene rings is 1. The highest BCUT2D eigenvalue weighted by Crippen LogP contribution is 2.32. The van der Waals surface area contributed by atoms with E-state index in [4.69, 9.17) is 9.72 Å². The molecule has 0 saturated heterocycles. The molecular formula is C24H23N3O3S2. The lowest BCUT2D eigenvalue weighted by molar-refractivity contribution is -0.118. The third-order valence-electron chi connectivity index (χ3n) is 5.08. The van der Waals surface area contributed by atoms with E-state index < -0.39 is 0 Å². The summed E-state index contributed by atoms with van der Waals surface area (Å²) in [5.74, 6) is 0.787. The highest BCUT2D eigenvalue weighted by Gasteiger charge is 2.16.